The van der Waals surface area contributed by atoms with E-state index in [2.05, 4.69) is 5.32 Å². The lowest BCUT2D eigenvalue weighted by Crippen LogP contribution is -3.12. The molecule has 0 bridgehead atoms. The van der Waals surface area contributed by atoms with Crippen molar-refractivity contribution in [1.82, 2.24) is 0 Å². The van der Waals surface area contributed by atoms with Gasteiger partial charge in [-0.15, -0.1) is 0 Å². The first-order valence-corrected chi connectivity index (χ1v) is 7.55. The number of ether oxygens (including phenoxy) is 1. The first-order valence-electron chi connectivity index (χ1n) is 7.55. The average molecular weight is 277 g/mol. The summed E-state index contributed by atoms with van der Waals surface area (Å²) in [5, 5.41) is 2.94. The molecule has 20 heavy (non-hydrogen) atoms. The number of likely N-dealkylation sites (tertiary alicyclic amines) is 1. The molecule has 0 unspecified atom stereocenters. The highest BCUT2D eigenvalue weighted by Gasteiger charge is 2.14. The van der Waals surface area contributed by atoms with Crippen LogP contribution in [0.15, 0.2) is 24.3 Å². The van der Waals surface area contributed by atoms with Crippen molar-refractivity contribution in [1.29, 1.82) is 0 Å². The van der Waals surface area contributed by atoms with E-state index in [1.165, 1.54) is 38.8 Å². The van der Waals surface area contributed by atoms with E-state index in [1.54, 1.807) is 12.0 Å². The molecule has 4 heteroatoms. The number of carbonyl (C=O) groups is 1. The Bertz CT molecular complexity index is 426. The molecule has 1 aliphatic rings. The standard InChI is InChI=1S/C16H24N2O2/c1-20-15-8-6-7-14(13-15)17-16(19)9-12-18-10-4-2-3-5-11-18/h6-8,13H,2-5,9-12H2,1H3,(H,17,19)/p+1. The van der Waals surface area contributed by atoms with Crippen molar-refractivity contribution in [3.63, 3.8) is 0 Å². The molecule has 1 aliphatic heterocycles. The molecular weight excluding hydrogens is 252 g/mol. The predicted molar refractivity (Wildman–Crippen MR) is 80.3 cm³/mol. The largest absolute Gasteiger partial charge is 0.497 e. The summed E-state index contributed by atoms with van der Waals surface area (Å²) in [6, 6.07) is 7.49. The normalized spacial score (nSPS) is 16.4. The fraction of sp³-hybridized carbons (Fsp3) is 0.562. The van der Waals surface area contributed by atoms with Crippen LogP contribution in [0, 0.1) is 0 Å². The zero-order chi connectivity index (χ0) is 14.2. The Morgan fingerprint density at radius 1 is 1.25 bits per heavy atom. The van der Waals surface area contributed by atoms with Gasteiger partial charge >= 0.3 is 0 Å². The number of anilines is 1. The van der Waals surface area contributed by atoms with E-state index in [0.29, 0.717) is 6.42 Å². The predicted octanol–water partition coefficient (Wildman–Crippen LogP) is 1.48. The van der Waals surface area contributed by atoms with Crippen molar-refractivity contribution in [2.24, 2.45) is 0 Å². The Kier molecular flexibility index (Phi) is 5.87. The number of methoxy groups -OCH3 is 1. The molecular formula is C16H25N2O2+. The fourth-order valence-electron chi connectivity index (χ4n) is 2.69. The molecule has 1 heterocycles. The van der Waals surface area contributed by atoms with Gasteiger partial charge in [0.15, 0.2) is 0 Å². The van der Waals surface area contributed by atoms with Gasteiger partial charge in [-0.05, 0) is 37.8 Å². The van der Waals surface area contributed by atoms with Gasteiger partial charge in [-0.2, -0.15) is 0 Å². The van der Waals surface area contributed by atoms with Crippen LogP contribution in [0.25, 0.3) is 0 Å². The van der Waals surface area contributed by atoms with Crippen LogP contribution in [0.5, 0.6) is 5.75 Å². The van der Waals surface area contributed by atoms with Crippen molar-refractivity contribution >= 4 is 11.6 Å². The molecule has 0 aliphatic carbocycles. The highest BCUT2D eigenvalue weighted by molar-refractivity contribution is 5.90. The second-order valence-corrected chi connectivity index (χ2v) is 5.44. The summed E-state index contributed by atoms with van der Waals surface area (Å²) in [6.07, 6.45) is 5.88. The molecule has 1 amide bonds. The highest BCUT2D eigenvalue weighted by atomic mass is 16.5. The van der Waals surface area contributed by atoms with E-state index < -0.39 is 0 Å². The fourth-order valence-corrected chi connectivity index (χ4v) is 2.69. The molecule has 0 radical (unpaired) electrons. The summed E-state index contributed by atoms with van der Waals surface area (Å²) < 4.78 is 5.15. The maximum Gasteiger partial charge on any atom is 0.230 e. The maximum absolute atomic E-state index is 12.0. The van der Waals surface area contributed by atoms with E-state index in [4.69, 9.17) is 4.74 Å². The molecule has 0 saturated carbocycles. The number of benzene rings is 1. The zero-order valence-corrected chi connectivity index (χ0v) is 12.3. The molecule has 1 saturated heterocycles. The maximum atomic E-state index is 12.0. The second kappa shape index (κ2) is 7.90. The van der Waals surface area contributed by atoms with E-state index in [-0.39, 0.29) is 5.91 Å². The van der Waals surface area contributed by atoms with Crippen molar-refractivity contribution in [3.05, 3.63) is 24.3 Å². The molecule has 2 N–H and O–H groups in total. The summed E-state index contributed by atoms with van der Waals surface area (Å²) in [5.41, 5.74) is 0.806. The molecule has 4 nitrogen and oxygen atoms in total. The average Bonchev–Trinajstić information content (AvgIpc) is 2.74. The van der Waals surface area contributed by atoms with Gasteiger partial charge in [0.2, 0.25) is 5.91 Å². The summed E-state index contributed by atoms with van der Waals surface area (Å²) in [5.74, 6) is 0.857. The number of rotatable bonds is 5. The molecule has 0 spiro atoms. The summed E-state index contributed by atoms with van der Waals surface area (Å²) in [6.45, 7) is 3.37. The number of carbonyl (C=O) groups excluding carboxylic acids is 1. The van der Waals surface area contributed by atoms with E-state index >= 15 is 0 Å². The smallest absolute Gasteiger partial charge is 0.230 e. The van der Waals surface area contributed by atoms with Gasteiger partial charge < -0.3 is 15.0 Å². The molecule has 0 atom stereocenters. The molecule has 1 aromatic rings. The topological polar surface area (TPSA) is 42.8 Å². The lowest BCUT2D eigenvalue weighted by Gasteiger charge is -2.16. The van der Waals surface area contributed by atoms with Crippen molar-refractivity contribution in [3.8, 4) is 5.75 Å². The lowest BCUT2D eigenvalue weighted by atomic mass is 10.2. The van der Waals surface area contributed by atoms with Gasteiger partial charge in [0.25, 0.3) is 0 Å². The molecule has 2 rings (SSSR count). The third-order valence-electron chi connectivity index (χ3n) is 3.87. The van der Waals surface area contributed by atoms with Gasteiger partial charge in [-0.3, -0.25) is 4.79 Å². The zero-order valence-electron chi connectivity index (χ0n) is 12.3. The van der Waals surface area contributed by atoms with Gasteiger partial charge in [0, 0.05) is 11.8 Å². The number of amides is 1. The highest BCUT2D eigenvalue weighted by Crippen LogP contribution is 2.16. The molecule has 0 aromatic heterocycles. The van der Waals surface area contributed by atoms with Crippen LogP contribution in [0.2, 0.25) is 0 Å². The Hall–Kier alpha value is -1.55. The summed E-state index contributed by atoms with van der Waals surface area (Å²) >= 11 is 0. The molecule has 1 aromatic carbocycles. The monoisotopic (exact) mass is 277 g/mol. The van der Waals surface area contributed by atoms with Gasteiger partial charge in [-0.25, -0.2) is 0 Å². The Balaban J connectivity index is 1.76. The summed E-state index contributed by atoms with van der Waals surface area (Å²) in [4.78, 5) is 13.5. The number of hydrogen-bond donors (Lipinski definition) is 2. The van der Waals surface area contributed by atoms with E-state index in [0.717, 1.165) is 18.0 Å². The van der Waals surface area contributed by atoms with Crippen molar-refractivity contribution in [2.75, 3.05) is 32.1 Å². The van der Waals surface area contributed by atoms with E-state index in [1.807, 2.05) is 24.3 Å². The Morgan fingerprint density at radius 3 is 2.70 bits per heavy atom. The third-order valence-corrected chi connectivity index (χ3v) is 3.87. The van der Waals surface area contributed by atoms with Crippen LogP contribution in [0.1, 0.15) is 32.1 Å². The minimum absolute atomic E-state index is 0.0926. The molecule has 1 fully saturated rings. The van der Waals surface area contributed by atoms with Gasteiger partial charge in [0.1, 0.15) is 5.75 Å². The Morgan fingerprint density at radius 2 is 2.00 bits per heavy atom. The quantitative estimate of drug-likeness (QED) is 0.856. The van der Waals surface area contributed by atoms with Crippen LogP contribution >= 0.6 is 0 Å². The number of nitrogens with one attached hydrogen (secondary N) is 2. The lowest BCUT2D eigenvalue weighted by molar-refractivity contribution is -0.898. The van der Waals surface area contributed by atoms with Gasteiger partial charge in [0.05, 0.1) is 33.2 Å². The van der Waals surface area contributed by atoms with E-state index in [9.17, 15) is 4.79 Å². The first-order chi connectivity index (χ1) is 9.78. The number of hydrogen-bond acceptors (Lipinski definition) is 2. The minimum atomic E-state index is 0.0926. The van der Waals surface area contributed by atoms with Crippen LogP contribution in [0.3, 0.4) is 0 Å². The molecule has 110 valence electrons. The SMILES string of the molecule is COc1cccc(NC(=O)CC[NH+]2CCCCCC2)c1. The second-order valence-electron chi connectivity index (χ2n) is 5.44. The first kappa shape index (κ1) is 14.9. The Labute approximate surface area is 121 Å². The van der Waals surface area contributed by atoms with Crippen LogP contribution in [-0.2, 0) is 4.79 Å². The minimum Gasteiger partial charge on any atom is -0.497 e. The van der Waals surface area contributed by atoms with Crippen LogP contribution < -0.4 is 15.0 Å². The third kappa shape index (κ3) is 4.85. The summed E-state index contributed by atoms with van der Waals surface area (Å²) in [7, 11) is 1.63. The van der Waals surface area contributed by atoms with Crippen molar-refractivity contribution < 1.29 is 14.4 Å². The number of quaternary nitrogens is 1. The van der Waals surface area contributed by atoms with Crippen LogP contribution in [0.4, 0.5) is 5.69 Å². The van der Waals surface area contributed by atoms with Crippen molar-refractivity contribution in [2.45, 2.75) is 32.1 Å². The van der Waals surface area contributed by atoms with Gasteiger partial charge in [-0.1, -0.05) is 6.07 Å². The van der Waals surface area contributed by atoms with Crippen LogP contribution in [-0.4, -0.2) is 32.7 Å².